The maximum absolute atomic E-state index is 10.5. The monoisotopic (exact) mass is 228 g/mol. The van der Waals surface area contributed by atoms with Crippen molar-refractivity contribution >= 4 is 28.6 Å². The average molecular weight is 228 g/mol. The summed E-state index contributed by atoms with van der Waals surface area (Å²) in [5.74, 6) is -0.480. The smallest absolute Gasteiger partial charge is 0.346 e. The Labute approximate surface area is 86.6 Å². The highest BCUT2D eigenvalue weighted by Crippen LogP contribution is 2.27. The number of aromatic carboxylic acids is 1. The molecule has 7 heteroatoms. The highest BCUT2D eigenvalue weighted by atomic mass is 32.1. The lowest BCUT2D eigenvalue weighted by atomic mass is 10.4. The van der Waals surface area contributed by atoms with Crippen molar-refractivity contribution in [3.8, 4) is 10.9 Å². The number of ether oxygens (including phenoxy) is 1. The van der Waals surface area contributed by atoms with E-state index in [-0.39, 0.29) is 4.88 Å². The lowest BCUT2D eigenvalue weighted by Crippen LogP contribution is -1.90. The van der Waals surface area contributed by atoms with Crippen molar-refractivity contribution < 1.29 is 14.6 Å². The van der Waals surface area contributed by atoms with Crippen LogP contribution in [0, 0.1) is 0 Å². The first kappa shape index (κ1) is 9.10. The molecule has 0 aliphatic heterocycles. The molecule has 72 valence electrons. The molecule has 2 aromatic heterocycles. The van der Waals surface area contributed by atoms with Gasteiger partial charge >= 0.3 is 5.97 Å². The summed E-state index contributed by atoms with van der Waals surface area (Å²) in [7, 11) is 0. The first-order chi connectivity index (χ1) is 6.75. The molecular formula is C7H4N2O3S2. The second-order valence-corrected chi connectivity index (χ2v) is 3.97. The molecule has 0 bridgehead atoms. The van der Waals surface area contributed by atoms with E-state index in [0.29, 0.717) is 10.9 Å². The summed E-state index contributed by atoms with van der Waals surface area (Å²) in [5.41, 5.74) is 1.54. The number of aromatic nitrogens is 2. The summed E-state index contributed by atoms with van der Waals surface area (Å²) in [6, 6.07) is 1.45. The molecule has 0 atom stereocenters. The van der Waals surface area contributed by atoms with Gasteiger partial charge in [0.15, 0.2) is 0 Å². The van der Waals surface area contributed by atoms with Crippen LogP contribution in [0.2, 0.25) is 0 Å². The van der Waals surface area contributed by atoms with Gasteiger partial charge in [0.1, 0.15) is 16.1 Å². The van der Waals surface area contributed by atoms with Crippen LogP contribution in [0.3, 0.4) is 0 Å². The quantitative estimate of drug-likeness (QED) is 0.870. The standard InChI is InChI=1S/C7H4N2O3S2/c10-6(11)5-1-4(2-13-5)12-7-9-8-3-14-7/h1-3H,(H,10,11). The number of hydrogen-bond acceptors (Lipinski definition) is 6. The highest BCUT2D eigenvalue weighted by Gasteiger charge is 2.08. The van der Waals surface area contributed by atoms with Crippen LogP contribution in [0.5, 0.6) is 10.9 Å². The second kappa shape index (κ2) is 3.72. The topological polar surface area (TPSA) is 72.3 Å². The van der Waals surface area contributed by atoms with Gasteiger partial charge in [-0.25, -0.2) is 4.79 Å². The molecule has 14 heavy (non-hydrogen) atoms. The second-order valence-electron chi connectivity index (χ2n) is 2.26. The molecule has 1 N–H and O–H groups in total. The fourth-order valence-electron chi connectivity index (χ4n) is 0.793. The SMILES string of the molecule is O=C(O)c1cc(Oc2nncs2)cs1. The van der Waals surface area contributed by atoms with E-state index in [1.807, 2.05) is 0 Å². The summed E-state index contributed by atoms with van der Waals surface area (Å²) in [6.45, 7) is 0. The number of thiophene rings is 1. The molecule has 5 nitrogen and oxygen atoms in total. The van der Waals surface area contributed by atoms with Crippen LogP contribution in [0.1, 0.15) is 9.67 Å². The zero-order valence-electron chi connectivity index (χ0n) is 6.71. The van der Waals surface area contributed by atoms with Crippen LogP contribution in [0.25, 0.3) is 0 Å². The number of carbonyl (C=O) groups is 1. The van der Waals surface area contributed by atoms with Crippen molar-refractivity contribution in [2.75, 3.05) is 0 Å². The van der Waals surface area contributed by atoms with Gasteiger partial charge < -0.3 is 9.84 Å². The normalized spacial score (nSPS) is 10.0. The molecule has 0 aliphatic carbocycles. The van der Waals surface area contributed by atoms with E-state index < -0.39 is 5.97 Å². The molecule has 2 rings (SSSR count). The fourth-order valence-corrected chi connectivity index (χ4v) is 1.86. The number of carboxylic acids is 1. The van der Waals surface area contributed by atoms with Gasteiger partial charge in [0.25, 0.3) is 5.19 Å². The Kier molecular flexibility index (Phi) is 2.42. The van der Waals surface area contributed by atoms with Gasteiger partial charge in [0.2, 0.25) is 0 Å². The summed E-state index contributed by atoms with van der Waals surface area (Å²) in [6.07, 6.45) is 0. The minimum Gasteiger partial charge on any atom is -0.477 e. The molecule has 0 aliphatic rings. The van der Waals surface area contributed by atoms with E-state index in [1.165, 1.54) is 17.4 Å². The van der Waals surface area contributed by atoms with Crippen LogP contribution >= 0.6 is 22.7 Å². The Hall–Kier alpha value is -1.47. The highest BCUT2D eigenvalue weighted by molar-refractivity contribution is 7.12. The van der Waals surface area contributed by atoms with Crippen molar-refractivity contribution in [1.82, 2.24) is 10.2 Å². The van der Waals surface area contributed by atoms with Gasteiger partial charge in [0.05, 0.1) is 0 Å². The molecule has 0 saturated heterocycles. The van der Waals surface area contributed by atoms with E-state index in [0.717, 1.165) is 11.3 Å². The van der Waals surface area contributed by atoms with Crippen molar-refractivity contribution in [3.05, 3.63) is 21.8 Å². The van der Waals surface area contributed by atoms with E-state index in [1.54, 1.807) is 10.9 Å². The first-order valence-electron chi connectivity index (χ1n) is 3.51. The van der Waals surface area contributed by atoms with Crippen LogP contribution < -0.4 is 4.74 Å². The van der Waals surface area contributed by atoms with Crippen LogP contribution in [0.15, 0.2) is 17.0 Å². The lowest BCUT2D eigenvalue weighted by molar-refractivity contribution is 0.0702. The fraction of sp³-hybridized carbons (Fsp3) is 0. The van der Waals surface area contributed by atoms with Gasteiger partial charge in [-0.1, -0.05) is 16.4 Å². The Morgan fingerprint density at radius 3 is 2.93 bits per heavy atom. The maximum atomic E-state index is 10.5. The molecule has 0 saturated carbocycles. The summed E-state index contributed by atoms with van der Waals surface area (Å²) < 4.78 is 5.24. The van der Waals surface area contributed by atoms with Crippen LogP contribution in [-0.2, 0) is 0 Å². The maximum Gasteiger partial charge on any atom is 0.346 e. The van der Waals surface area contributed by atoms with Crippen molar-refractivity contribution in [2.45, 2.75) is 0 Å². The van der Waals surface area contributed by atoms with Crippen molar-refractivity contribution in [3.63, 3.8) is 0 Å². The predicted molar refractivity (Wildman–Crippen MR) is 51.3 cm³/mol. The first-order valence-corrected chi connectivity index (χ1v) is 5.27. The minimum absolute atomic E-state index is 0.240. The number of nitrogens with zero attached hydrogens (tertiary/aromatic N) is 2. The van der Waals surface area contributed by atoms with Crippen molar-refractivity contribution in [2.24, 2.45) is 0 Å². The zero-order chi connectivity index (χ0) is 9.97. The molecule has 2 aromatic rings. The third-order valence-corrected chi connectivity index (χ3v) is 2.79. The Bertz CT molecular complexity index is 437. The minimum atomic E-state index is -0.956. The van der Waals surface area contributed by atoms with Gasteiger partial charge in [0, 0.05) is 11.4 Å². The van der Waals surface area contributed by atoms with Gasteiger partial charge in [-0.2, -0.15) is 0 Å². The van der Waals surface area contributed by atoms with Gasteiger partial charge in [-0.15, -0.1) is 16.4 Å². The summed E-state index contributed by atoms with van der Waals surface area (Å²) in [4.78, 5) is 10.8. The zero-order valence-corrected chi connectivity index (χ0v) is 8.34. The average Bonchev–Trinajstić information content (AvgIpc) is 2.75. The van der Waals surface area contributed by atoms with E-state index in [2.05, 4.69) is 10.2 Å². The summed E-state index contributed by atoms with van der Waals surface area (Å²) in [5, 5.41) is 17.9. The predicted octanol–water partition coefficient (Wildman–Crippen LogP) is 2.09. The van der Waals surface area contributed by atoms with E-state index in [4.69, 9.17) is 9.84 Å². The van der Waals surface area contributed by atoms with Gasteiger partial charge in [-0.3, -0.25) is 0 Å². The molecule has 0 aromatic carbocycles. The molecule has 0 amide bonds. The number of hydrogen-bond donors (Lipinski definition) is 1. The largest absolute Gasteiger partial charge is 0.477 e. The number of rotatable bonds is 3. The lowest BCUT2D eigenvalue weighted by Gasteiger charge is -1.93. The Balaban J connectivity index is 2.14. The van der Waals surface area contributed by atoms with E-state index in [9.17, 15) is 4.79 Å². The third kappa shape index (κ3) is 1.88. The molecule has 0 fully saturated rings. The van der Waals surface area contributed by atoms with Crippen LogP contribution in [0.4, 0.5) is 0 Å². The number of carboxylic acid groups (broad SMARTS) is 1. The molecule has 0 radical (unpaired) electrons. The molecular weight excluding hydrogens is 224 g/mol. The summed E-state index contributed by atoms with van der Waals surface area (Å²) >= 11 is 2.36. The van der Waals surface area contributed by atoms with E-state index >= 15 is 0 Å². The van der Waals surface area contributed by atoms with Crippen LogP contribution in [-0.4, -0.2) is 21.3 Å². The molecule has 0 spiro atoms. The van der Waals surface area contributed by atoms with Gasteiger partial charge in [-0.05, 0) is 0 Å². The molecule has 2 heterocycles. The third-order valence-electron chi connectivity index (χ3n) is 1.33. The molecule has 0 unspecified atom stereocenters. The van der Waals surface area contributed by atoms with Crippen molar-refractivity contribution in [1.29, 1.82) is 0 Å². The Morgan fingerprint density at radius 1 is 1.50 bits per heavy atom. The Morgan fingerprint density at radius 2 is 2.36 bits per heavy atom.